The lowest BCUT2D eigenvalue weighted by Gasteiger charge is -2.05. The third kappa shape index (κ3) is 4.58. The van der Waals surface area contributed by atoms with Crippen LogP contribution in [-0.4, -0.2) is 19.6 Å². The van der Waals surface area contributed by atoms with Gasteiger partial charge in [0.2, 0.25) is 0 Å². The Balaban J connectivity index is 2.47. The van der Waals surface area contributed by atoms with Gasteiger partial charge in [-0.05, 0) is 30.7 Å². The molecule has 0 atom stereocenters. The minimum absolute atomic E-state index is 0.267. The van der Waals surface area contributed by atoms with E-state index in [0.717, 1.165) is 10.0 Å². The van der Waals surface area contributed by atoms with Gasteiger partial charge in [0.1, 0.15) is 5.82 Å². The summed E-state index contributed by atoms with van der Waals surface area (Å²) < 4.78 is 18.4. The molecule has 18 heavy (non-hydrogen) atoms. The van der Waals surface area contributed by atoms with Gasteiger partial charge in [-0.2, -0.15) is 0 Å². The van der Waals surface area contributed by atoms with E-state index in [0.29, 0.717) is 18.7 Å². The molecule has 5 heteroatoms. The zero-order chi connectivity index (χ0) is 13.5. The summed E-state index contributed by atoms with van der Waals surface area (Å²) in [7, 11) is 1.34. The molecule has 0 aromatic heterocycles. The monoisotopic (exact) mass is 315 g/mol. The number of carbonyl (C=O) groups is 1. The van der Waals surface area contributed by atoms with Gasteiger partial charge < -0.3 is 10.1 Å². The number of ether oxygens (including phenoxy) is 1. The van der Waals surface area contributed by atoms with Crippen molar-refractivity contribution in [1.29, 1.82) is 0 Å². The van der Waals surface area contributed by atoms with E-state index in [9.17, 15) is 9.18 Å². The van der Waals surface area contributed by atoms with Gasteiger partial charge in [-0.25, -0.2) is 9.18 Å². The van der Waals surface area contributed by atoms with Gasteiger partial charge >= 0.3 is 5.97 Å². The molecule has 0 bridgehead atoms. The van der Waals surface area contributed by atoms with Crippen molar-refractivity contribution in [2.45, 2.75) is 13.5 Å². The quantitative estimate of drug-likeness (QED) is 0.516. The first kappa shape index (κ1) is 14.9. The first-order valence-electron chi connectivity index (χ1n) is 5.44. The fourth-order valence-electron chi connectivity index (χ4n) is 1.36. The molecule has 3 nitrogen and oxygen atoms in total. The van der Waals surface area contributed by atoms with Crippen molar-refractivity contribution in [3.63, 3.8) is 0 Å². The van der Waals surface area contributed by atoms with Gasteiger partial charge in [0.15, 0.2) is 0 Å². The maximum absolute atomic E-state index is 13.0. The maximum atomic E-state index is 13.0. The number of hydrogen-bond acceptors (Lipinski definition) is 3. The number of rotatable bonds is 5. The molecule has 0 aliphatic carbocycles. The second kappa shape index (κ2) is 7.28. The van der Waals surface area contributed by atoms with Crippen LogP contribution in [0.4, 0.5) is 4.39 Å². The van der Waals surface area contributed by atoms with E-state index in [2.05, 4.69) is 26.0 Å². The Morgan fingerprint density at radius 3 is 2.94 bits per heavy atom. The summed E-state index contributed by atoms with van der Waals surface area (Å²) in [6.07, 6.45) is 1.74. The number of nitrogens with one attached hydrogen (secondary N) is 1. The lowest BCUT2D eigenvalue weighted by Crippen LogP contribution is -2.15. The second-order valence-electron chi connectivity index (χ2n) is 3.75. The molecule has 0 spiro atoms. The van der Waals surface area contributed by atoms with E-state index in [4.69, 9.17) is 0 Å². The number of benzene rings is 1. The summed E-state index contributed by atoms with van der Waals surface area (Å²) in [5.74, 6) is -0.611. The first-order chi connectivity index (χ1) is 8.54. The summed E-state index contributed by atoms with van der Waals surface area (Å²) in [5, 5.41) is 3.10. The van der Waals surface area contributed by atoms with E-state index in [1.54, 1.807) is 19.1 Å². The topological polar surface area (TPSA) is 38.3 Å². The van der Waals surface area contributed by atoms with Crippen molar-refractivity contribution in [3.8, 4) is 0 Å². The van der Waals surface area contributed by atoms with Crippen molar-refractivity contribution < 1.29 is 13.9 Å². The molecule has 0 aliphatic rings. The molecular formula is C13H15BrFNO2. The maximum Gasteiger partial charge on any atom is 0.333 e. The summed E-state index contributed by atoms with van der Waals surface area (Å²) in [5.41, 5.74) is 1.38. The number of esters is 1. The fraction of sp³-hybridized carbons (Fsp3) is 0.308. The van der Waals surface area contributed by atoms with Crippen LogP contribution in [0.2, 0.25) is 0 Å². The normalized spacial score (nSPS) is 11.4. The van der Waals surface area contributed by atoms with Crippen LogP contribution < -0.4 is 5.32 Å². The molecule has 1 N–H and O–H groups in total. The highest BCUT2D eigenvalue weighted by Crippen LogP contribution is 2.17. The zero-order valence-corrected chi connectivity index (χ0v) is 11.9. The Morgan fingerprint density at radius 2 is 2.28 bits per heavy atom. The molecule has 0 saturated heterocycles. The molecule has 1 rings (SSSR count). The van der Waals surface area contributed by atoms with Crippen LogP contribution in [0.25, 0.3) is 0 Å². The molecular weight excluding hydrogens is 301 g/mol. The molecule has 1 aromatic carbocycles. The average molecular weight is 316 g/mol. The van der Waals surface area contributed by atoms with Crippen LogP contribution in [0.3, 0.4) is 0 Å². The third-order valence-electron chi connectivity index (χ3n) is 2.38. The van der Waals surface area contributed by atoms with Crippen LogP contribution in [0.15, 0.2) is 34.3 Å². The van der Waals surface area contributed by atoms with Crippen LogP contribution in [-0.2, 0) is 16.1 Å². The average Bonchev–Trinajstić information content (AvgIpc) is 2.37. The van der Waals surface area contributed by atoms with Gasteiger partial charge in [-0.15, -0.1) is 0 Å². The predicted octanol–water partition coefficient (Wildman–Crippen LogP) is 2.80. The van der Waals surface area contributed by atoms with Crippen molar-refractivity contribution in [1.82, 2.24) is 5.32 Å². The second-order valence-corrected chi connectivity index (χ2v) is 4.60. The van der Waals surface area contributed by atoms with Gasteiger partial charge in [0.25, 0.3) is 0 Å². The number of hydrogen-bond donors (Lipinski definition) is 1. The molecule has 0 saturated carbocycles. The summed E-state index contributed by atoms with van der Waals surface area (Å²) in [6, 6.07) is 4.53. The van der Waals surface area contributed by atoms with Crippen LogP contribution in [0.5, 0.6) is 0 Å². The number of halogens is 2. The molecule has 1 aromatic rings. The predicted molar refractivity (Wildman–Crippen MR) is 71.6 cm³/mol. The number of methoxy groups -OCH3 is 1. The summed E-state index contributed by atoms with van der Waals surface area (Å²) in [4.78, 5) is 11.1. The SMILES string of the molecule is COC(=O)/C(C)=C/CNCc1cc(F)ccc1Br. The van der Waals surface area contributed by atoms with Crippen LogP contribution in [0.1, 0.15) is 12.5 Å². The van der Waals surface area contributed by atoms with Gasteiger partial charge in [0.05, 0.1) is 7.11 Å². The van der Waals surface area contributed by atoms with E-state index in [1.807, 2.05) is 0 Å². The van der Waals surface area contributed by atoms with Gasteiger partial charge in [-0.1, -0.05) is 22.0 Å². The Bertz CT molecular complexity index is 460. The highest BCUT2D eigenvalue weighted by molar-refractivity contribution is 9.10. The summed E-state index contributed by atoms with van der Waals surface area (Å²) in [6.45, 7) is 2.72. The highest BCUT2D eigenvalue weighted by atomic mass is 79.9. The van der Waals surface area contributed by atoms with Crippen molar-refractivity contribution in [3.05, 3.63) is 45.7 Å². The highest BCUT2D eigenvalue weighted by Gasteiger charge is 2.03. The molecule has 0 amide bonds. The Labute approximate surface area is 114 Å². The molecule has 0 aliphatic heterocycles. The Kier molecular flexibility index (Phi) is 6.01. The van der Waals surface area contributed by atoms with E-state index in [1.165, 1.54) is 19.2 Å². The molecule has 0 unspecified atom stereocenters. The lowest BCUT2D eigenvalue weighted by atomic mass is 10.2. The Hall–Kier alpha value is -1.20. The van der Waals surface area contributed by atoms with E-state index in [-0.39, 0.29) is 11.8 Å². The summed E-state index contributed by atoms with van der Waals surface area (Å²) >= 11 is 3.35. The van der Waals surface area contributed by atoms with Crippen LogP contribution in [0, 0.1) is 5.82 Å². The zero-order valence-electron chi connectivity index (χ0n) is 10.3. The lowest BCUT2D eigenvalue weighted by molar-refractivity contribution is -0.136. The molecule has 0 radical (unpaired) electrons. The standard InChI is InChI=1S/C13H15BrFNO2/c1-9(13(17)18-2)5-6-16-8-10-7-11(15)3-4-12(10)14/h3-5,7,16H,6,8H2,1-2H3/b9-5+. The van der Waals surface area contributed by atoms with E-state index < -0.39 is 0 Å². The van der Waals surface area contributed by atoms with Crippen molar-refractivity contribution in [2.24, 2.45) is 0 Å². The fourth-order valence-corrected chi connectivity index (χ4v) is 1.74. The minimum Gasteiger partial charge on any atom is -0.466 e. The number of carbonyl (C=O) groups excluding carboxylic acids is 1. The minimum atomic E-state index is -0.344. The van der Waals surface area contributed by atoms with Gasteiger partial charge in [0, 0.05) is 23.1 Å². The van der Waals surface area contributed by atoms with Gasteiger partial charge in [-0.3, -0.25) is 0 Å². The molecule has 0 heterocycles. The largest absolute Gasteiger partial charge is 0.466 e. The van der Waals surface area contributed by atoms with E-state index >= 15 is 0 Å². The molecule has 98 valence electrons. The van der Waals surface area contributed by atoms with Crippen LogP contribution >= 0.6 is 15.9 Å². The molecule has 0 fully saturated rings. The smallest absolute Gasteiger partial charge is 0.333 e. The first-order valence-corrected chi connectivity index (χ1v) is 6.23. The van der Waals surface area contributed by atoms with Crippen molar-refractivity contribution >= 4 is 21.9 Å². The van der Waals surface area contributed by atoms with Crippen molar-refractivity contribution in [2.75, 3.05) is 13.7 Å². The Morgan fingerprint density at radius 1 is 1.56 bits per heavy atom. The third-order valence-corrected chi connectivity index (χ3v) is 3.16.